The molecule has 1 atom stereocenters. The average Bonchev–Trinajstić information content (AvgIpc) is 2.72. The number of amides is 1. The van der Waals surface area contributed by atoms with Crippen LogP contribution in [0.2, 0.25) is 0 Å². The molecule has 1 aromatic rings. The van der Waals surface area contributed by atoms with Gasteiger partial charge in [0, 0.05) is 17.6 Å². The first kappa shape index (κ1) is 13.1. The second-order valence-electron chi connectivity index (χ2n) is 6.45. The summed E-state index contributed by atoms with van der Waals surface area (Å²) in [6.45, 7) is 9.78. The predicted octanol–water partition coefficient (Wildman–Crippen LogP) is 3.73. The number of nitrogens with zero attached hydrogens (tertiary/aromatic N) is 1. The molecule has 1 heterocycles. The van der Waals surface area contributed by atoms with Crippen molar-refractivity contribution in [2.24, 2.45) is 5.41 Å². The van der Waals surface area contributed by atoms with E-state index in [9.17, 15) is 4.79 Å². The van der Waals surface area contributed by atoms with Gasteiger partial charge in [-0.1, -0.05) is 39.0 Å². The predicted molar refractivity (Wildman–Crippen MR) is 74.6 cm³/mol. The van der Waals surface area contributed by atoms with Gasteiger partial charge in [-0.15, -0.1) is 0 Å². The fraction of sp³-hybridized carbons (Fsp3) is 0.562. The standard InChI is InChI=1S/C16H23NO/c1-15(2,3)16(4)11-8-12-17(16)14(18)13-9-6-5-7-10-13/h5-7,9-10H,8,11-12H2,1-4H3. The lowest BCUT2D eigenvalue weighted by atomic mass is 9.73. The molecule has 98 valence electrons. The van der Waals surface area contributed by atoms with Gasteiger partial charge < -0.3 is 4.90 Å². The highest BCUT2D eigenvalue weighted by Crippen LogP contribution is 2.43. The van der Waals surface area contributed by atoms with Crippen LogP contribution in [-0.2, 0) is 0 Å². The quantitative estimate of drug-likeness (QED) is 0.738. The van der Waals surface area contributed by atoms with Crippen LogP contribution >= 0.6 is 0 Å². The van der Waals surface area contributed by atoms with E-state index in [-0.39, 0.29) is 16.9 Å². The van der Waals surface area contributed by atoms with Gasteiger partial charge in [0.1, 0.15) is 0 Å². The van der Waals surface area contributed by atoms with Crippen molar-refractivity contribution >= 4 is 5.91 Å². The van der Waals surface area contributed by atoms with Crippen LogP contribution in [0.1, 0.15) is 50.9 Å². The van der Waals surface area contributed by atoms with Crippen LogP contribution in [0.3, 0.4) is 0 Å². The van der Waals surface area contributed by atoms with Crippen molar-refractivity contribution in [3.05, 3.63) is 35.9 Å². The Kier molecular flexibility index (Phi) is 3.22. The first-order chi connectivity index (χ1) is 8.36. The molecule has 1 aliphatic heterocycles. The van der Waals surface area contributed by atoms with Crippen LogP contribution in [0, 0.1) is 5.41 Å². The highest BCUT2D eigenvalue weighted by Gasteiger charge is 2.47. The molecular formula is C16H23NO. The number of hydrogen-bond donors (Lipinski definition) is 0. The minimum atomic E-state index is -0.0417. The molecule has 0 spiro atoms. The van der Waals surface area contributed by atoms with Gasteiger partial charge in [-0.25, -0.2) is 0 Å². The molecule has 1 fully saturated rings. The highest BCUT2D eigenvalue weighted by molar-refractivity contribution is 5.95. The van der Waals surface area contributed by atoms with Crippen molar-refractivity contribution < 1.29 is 4.79 Å². The molecule has 1 aliphatic rings. The van der Waals surface area contributed by atoms with Crippen molar-refractivity contribution in [3.63, 3.8) is 0 Å². The Morgan fingerprint density at radius 2 is 1.83 bits per heavy atom. The minimum absolute atomic E-state index is 0.0417. The molecule has 0 aromatic heterocycles. The van der Waals surface area contributed by atoms with Crippen molar-refractivity contribution in [3.8, 4) is 0 Å². The molecule has 2 rings (SSSR count). The van der Waals surface area contributed by atoms with E-state index in [2.05, 4.69) is 32.6 Å². The number of hydrogen-bond acceptors (Lipinski definition) is 1. The van der Waals surface area contributed by atoms with Gasteiger partial charge in [0.25, 0.3) is 5.91 Å². The molecular weight excluding hydrogens is 222 g/mol. The van der Waals surface area contributed by atoms with Crippen molar-refractivity contribution in [2.75, 3.05) is 6.54 Å². The van der Waals surface area contributed by atoms with Crippen molar-refractivity contribution in [1.29, 1.82) is 0 Å². The van der Waals surface area contributed by atoms with E-state index < -0.39 is 0 Å². The second-order valence-corrected chi connectivity index (χ2v) is 6.45. The first-order valence-corrected chi connectivity index (χ1v) is 6.73. The summed E-state index contributed by atoms with van der Waals surface area (Å²) in [5, 5.41) is 0. The van der Waals surface area contributed by atoms with Crippen LogP contribution in [0.4, 0.5) is 0 Å². The fourth-order valence-corrected chi connectivity index (χ4v) is 2.81. The maximum Gasteiger partial charge on any atom is 0.254 e. The minimum Gasteiger partial charge on any atom is -0.333 e. The van der Waals surface area contributed by atoms with E-state index in [0.29, 0.717) is 0 Å². The maximum absolute atomic E-state index is 12.6. The zero-order valence-corrected chi connectivity index (χ0v) is 11.9. The van der Waals surface area contributed by atoms with E-state index in [1.54, 1.807) is 0 Å². The zero-order chi connectivity index (χ0) is 13.4. The Morgan fingerprint density at radius 1 is 1.22 bits per heavy atom. The normalized spacial score (nSPS) is 24.3. The molecule has 2 heteroatoms. The average molecular weight is 245 g/mol. The second kappa shape index (κ2) is 4.42. The largest absolute Gasteiger partial charge is 0.333 e. The van der Waals surface area contributed by atoms with Gasteiger partial charge in [0.15, 0.2) is 0 Å². The number of carbonyl (C=O) groups is 1. The molecule has 1 saturated heterocycles. The molecule has 1 amide bonds. The van der Waals surface area contributed by atoms with E-state index in [0.717, 1.165) is 24.9 Å². The topological polar surface area (TPSA) is 20.3 Å². The monoisotopic (exact) mass is 245 g/mol. The summed E-state index contributed by atoms with van der Waals surface area (Å²) in [4.78, 5) is 14.7. The molecule has 1 aromatic carbocycles. The Balaban J connectivity index is 2.31. The third-order valence-electron chi connectivity index (χ3n) is 4.52. The lowest BCUT2D eigenvalue weighted by Crippen LogP contribution is -2.53. The van der Waals surface area contributed by atoms with Crippen molar-refractivity contribution in [1.82, 2.24) is 4.90 Å². The van der Waals surface area contributed by atoms with Crippen LogP contribution < -0.4 is 0 Å². The Labute approximate surface area is 110 Å². The van der Waals surface area contributed by atoms with Crippen LogP contribution in [0.5, 0.6) is 0 Å². The summed E-state index contributed by atoms with van der Waals surface area (Å²) in [5.74, 6) is 0.172. The third kappa shape index (κ3) is 2.05. The van der Waals surface area contributed by atoms with Crippen LogP contribution in [-0.4, -0.2) is 22.9 Å². The molecule has 0 radical (unpaired) electrons. The summed E-state index contributed by atoms with van der Waals surface area (Å²) in [6, 6.07) is 9.62. The SMILES string of the molecule is CC(C)(C)C1(C)CCCN1C(=O)c1ccccc1. The van der Waals surface area contributed by atoms with E-state index in [1.807, 2.05) is 30.3 Å². The molecule has 0 N–H and O–H groups in total. The van der Waals surface area contributed by atoms with E-state index in [4.69, 9.17) is 0 Å². The van der Waals surface area contributed by atoms with E-state index in [1.165, 1.54) is 0 Å². The van der Waals surface area contributed by atoms with Gasteiger partial charge in [0.2, 0.25) is 0 Å². The lowest BCUT2D eigenvalue weighted by molar-refractivity contribution is 0.0309. The summed E-state index contributed by atoms with van der Waals surface area (Å²) in [7, 11) is 0. The summed E-state index contributed by atoms with van der Waals surface area (Å²) >= 11 is 0. The molecule has 0 saturated carbocycles. The van der Waals surface area contributed by atoms with Crippen molar-refractivity contribution in [2.45, 2.75) is 46.1 Å². The molecule has 18 heavy (non-hydrogen) atoms. The number of rotatable bonds is 1. The van der Waals surface area contributed by atoms with Gasteiger partial charge in [0.05, 0.1) is 0 Å². The van der Waals surface area contributed by atoms with Gasteiger partial charge in [-0.3, -0.25) is 4.79 Å². The van der Waals surface area contributed by atoms with Gasteiger partial charge in [-0.05, 0) is 37.3 Å². The summed E-state index contributed by atoms with van der Waals surface area (Å²) in [6.07, 6.45) is 2.20. The Morgan fingerprint density at radius 3 is 2.39 bits per heavy atom. The number of benzene rings is 1. The Bertz CT molecular complexity index is 432. The summed E-state index contributed by atoms with van der Waals surface area (Å²) in [5.41, 5.74) is 0.864. The fourth-order valence-electron chi connectivity index (χ4n) is 2.81. The zero-order valence-electron chi connectivity index (χ0n) is 11.9. The Hall–Kier alpha value is -1.31. The number of carbonyl (C=O) groups excluding carboxylic acids is 1. The number of likely N-dealkylation sites (tertiary alicyclic amines) is 1. The molecule has 1 unspecified atom stereocenters. The summed E-state index contributed by atoms with van der Waals surface area (Å²) < 4.78 is 0. The van der Waals surface area contributed by atoms with Gasteiger partial charge in [-0.2, -0.15) is 0 Å². The first-order valence-electron chi connectivity index (χ1n) is 6.73. The van der Waals surface area contributed by atoms with Gasteiger partial charge >= 0.3 is 0 Å². The van der Waals surface area contributed by atoms with Crippen LogP contribution in [0.15, 0.2) is 30.3 Å². The van der Waals surface area contributed by atoms with Crippen LogP contribution in [0.25, 0.3) is 0 Å². The smallest absolute Gasteiger partial charge is 0.254 e. The molecule has 0 bridgehead atoms. The molecule has 2 nitrogen and oxygen atoms in total. The van der Waals surface area contributed by atoms with E-state index >= 15 is 0 Å². The highest BCUT2D eigenvalue weighted by atomic mass is 16.2. The lowest BCUT2D eigenvalue weighted by Gasteiger charge is -2.45. The maximum atomic E-state index is 12.6. The third-order valence-corrected chi connectivity index (χ3v) is 4.52. The molecule has 0 aliphatic carbocycles.